The van der Waals surface area contributed by atoms with Crippen LogP contribution in [0.15, 0.2) is 58.1 Å². The topological polar surface area (TPSA) is 39.8 Å². The fourth-order valence-corrected chi connectivity index (χ4v) is 1.61. The van der Waals surface area contributed by atoms with Crippen LogP contribution in [-0.2, 0) is 0 Å². The first kappa shape index (κ1) is 8.11. The molecule has 3 rings (SSSR count). The molecule has 1 N–H and O–H groups in total. The van der Waals surface area contributed by atoms with E-state index >= 15 is 0 Å². The fourth-order valence-electron chi connectivity index (χ4n) is 1.61. The van der Waals surface area contributed by atoms with Crippen molar-refractivity contribution in [1.82, 2.24) is 5.43 Å². The molecule has 72 valence electrons. The van der Waals surface area contributed by atoms with Crippen molar-refractivity contribution in [3.05, 3.63) is 48.0 Å². The van der Waals surface area contributed by atoms with Gasteiger partial charge in [-0.25, -0.2) is 0 Å². The number of aliphatic imine (C=N–C) groups is 1. The molecular formula is C11H9N4+. The number of amidine groups is 1. The first-order chi connectivity index (χ1) is 7.45. The highest BCUT2D eigenvalue weighted by Crippen LogP contribution is 2.21. The number of hydrogen-bond donors (Lipinski definition) is 1. The number of nitrogens with one attached hydrogen (secondary N) is 1. The third-order valence-corrected chi connectivity index (χ3v) is 2.30. The van der Waals surface area contributed by atoms with Crippen molar-refractivity contribution in [3.8, 4) is 0 Å². The fraction of sp³-hybridized carbons (Fsp3) is 0. The van der Waals surface area contributed by atoms with Gasteiger partial charge in [-0.05, 0) is 6.08 Å². The molecule has 3 aliphatic heterocycles. The molecule has 0 saturated heterocycles. The average Bonchev–Trinajstić information content (AvgIpc) is 2.74. The van der Waals surface area contributed by atoms with E-state index in [1.807, 2.05) is 41.2 Å². The summed E-state index contributed by atoms with van der Waals surface area (Å²) >= 11 is 0. The summed E-state index contributed by atoms with van der Waals surface area (Å²) < 4.78 is 2.00. The van der Waals surface area contributed by atoms with E-state index in [0.29, 0.717) is 0 Å². The zero-order chi connectivity index (χ0) is 10.1. The smallest absolute Gasteiger partial charge is 0.252 e. The molecule has 0 saturated carbocycles. The zero-order valence-corrected chi connectivity index (χ0v) is 7.96. The van der Waals surface area contributed by atoms with Gasteiger partial charge in [-0.2, -0.15) is 10.0 Å². The van der Waals surface area contributed by atoms with E-state index in [4.69, 9.17) is 0 Å². The Morgan fingerprint density at radius 2 is 2.20 bits per heavy atom. The van der Waals surface area contributed by atoms with Gasteiger partial charge in [0, 0.05) is 30.6 Å². The largest absolute Gasteiger partial charge is 0.353 e. The van der Waals surface area contributed by atoms with Gasteiger partial charge in [0.25, 0.3) is 0 Å². The number of nitrogens with zero attached hydrogens (tertiary/aromatic N) is 3. The van der Waals surface area contributed by atoms with Crippen LogP contribution in [0.4, 0.5) is 0 Å². The SMILES string of the molecule is C1=CNN=C([N+]2=CC=C3N=CC=C32)C=C1. The van der Waals surface area contributed by atoms with Crippen molar-refractivity contribution < 1.29 is 4.58 Å². The molecule has 3 heterocycles. The minimum atomic E-state index is 0.850. The molecule has 0 aromatic rings. The molecule has 4 nitrogen and oxygen atoms in total. The molecule has 0 amide bonds. The van der Waals surface area contributed by atoms with Gasteiger partial charge in [0.05, 0.1) is 11.3 Å². The van der Waals surface area contributed by atoms with Crippen LogP contribution in [-0.4, -0.2) is 22.8 Å². The first-order valence-corrected chi connectivity index (χ1v) is 4.71. The highest BCUT2D eigenvalue weighted by atomic mass is 15.3. The molecule has 0 spiro atoms. The maximum atomic E-state index is 4.22. The Balaban J connectivity index is 1.95. The van der Waals surface area contributed by atoms with Gasteiger partial charge in [-0.1, -0.05) is 6.08 Å². The standard InChI is InChI=1S/C11H9N4/c1-2-6-13-14-11(3-1)15-8-5-9-10(15)4-7-12-9/h1-8,13H/q+1. The van der Waals surface area contributed by atoms with Crippen molar-refractivity contribution in [2.45, 2.75) is 0 Å². The maximum Gasteiger partial charge on any atom is 0.353 e. The zero-order valence-electron chi connectivity index (χ0n) is 7.96. The van der Waals surface area contributed by atoms with E-state index in [9.17, 15) is 0 Å². The lowest BCUT2D eigenvalue weighted by Crippen LogP contribution is -2.18. The Bertz CT molecular complexity index is 513. The van der Waals surface area contributed by atoms with Crippen molar-refractivity contribution in [2.24, 2.45) is 10.1 Å². The van der Waals surface area contributed by atoms with Gasteiger partial charge >= 0.3 is 5.84 Å². The molecule has 0 bridgehead atoms. The predicted octanol–water partition coefficient (Wildman–Crippen LogP) is 0.922. The van der Waals surface area contributed by atoms with Crippen LogP contribution in [0.3, 0.4) is 0 Å². The van der Waals surface area contributed by atoms with Crippen LogP contribution in [0.1, 0.15) is 0 Å². The van der Waals surface area contributed by atoms with Crippen LogP contribution < -0.4 is 5.43 Å². The molecule has 15 heavy (non-hydrogen) atoms. The minimum Gasteiger partial charge on any atom is -0.252 e. The summed E-state index contributed by atoms with van der Waals surface area (Å²) in [7, 11) is 0. The van der Waals surface area contributed by atoms with E-state index in [1.165, 1.54) is 0 Å². The highest BCUT2D eigenvalue weighted by molar-refractivity contribution is 5.94. The Kier molecular flexibility index (Phi) is 1.71. The lowest BCUT2D eigenvalue weighted by Gasteiger charge is -1.98. The molecule has 0 unspecified atom stereocenters. The molecule has 0 aromatic carbocycles. The molecular weight excluding hydrogens is 188 g/mol. The second-order valence-electron chi connectivity index (χ2n) is 3.22. The maximum absolute atomic E-state index is 4.22. The van der Waals surface area contributed by atoms with Crippen molar-refractivity contribution in [3.63, 3.8) is 0 Å². The highest BCUT2D eigenvalue weighted by Gasteiger charge is 2.26. The Labute approximate surface area is 87.0 Å². The van der Waals surface area contributed by atoms with Crippen LogP contribution in [0.25, 0.3) is 0 Å². The van der Waals surface area contributed by atoms with E-state index in [1.54, 1.807) is 12.4 Å². The summed E-state index contributed by atoms with van der Waals surface area (Å²) in [5.74, 6) is 0.850. The van der Waals surface area contributed by atoms with Crippen LogP contribution in [0.2, 0.25) is 0 Å². The summed E-state index contributed by atoms with van der Waals surface area (Å²) in [6, 6.07) is 0. The number of allylic oxidation sites excluding steroid dienone is 4. The summed E-state index contributed by atoms with van der Waals surface area (Å²) in [6.07, 6.45) is 15.3. The molecule has 4 heteroatoms. The number of hydrazone groups is 1. The van der Waals surface area contributed by atoms with Gasteiger partial charge in [0.15, 0.2) is 5.70 Å². The number of rotatable bonds is 0. The van der Waals surface area contributed by atoms with E-state index < -0.39 is 0 Å². The number of fused-ring (bicyclic) bond motifs is 1. The van der Waals surface area contributed by atoms with E-state index in [2.05, 4.69) is 15.5 Å². The third kappa shape index (κ3) is 1.27. The van der Waals surface area contributed by atoms with Gasteiger partial charge in [0.1, 0.15) is 5.70 Å². The predicted molar refractivity (Wildman–Crippen MR) is 59.8 cm³/mol. The Hall–Kier alpha value is -2.23. The average molecular weight is 197 g/mol. The van der Waals surface area contributed by atoms with Crippen LogP contribution in [0.5, 0.6) is 0 Å². The van der Waals surface area contributed by atoms with Gasteiger partial charge in [-0.3, -0.25) is 4.99 Å². The normalized spacial score (nSPS) is 21.3. The third-order valence-electron chi connectivity index (χ3n) is 2.30. The summed E-state index contributed by atoms with van der Waals surface area (Å²) in [4.78, 5) is 4.22. The first-order valence-electron chi connectivity index (χ1n) is 4.71. The number of hydrogen-bond acceptors (Lipinski definition) is 3. The molecule has 0 radical (unpaired) electrons. The van der Waals surface area contributed by atoms with Crippen LogP contribution >= 0.6 is 0 Å². The van der Waals surface area contributed by atoms with Crippen molar-refractivity contribution in [2.75, 3.05) is 0 Å². The van der Waals surface area contributed by atoms with E-state index in [-0.39, 0.29) is 0 Å². The Morgan fingerprint density at radius 3 is 3.20 bits per heavy atom. The summed E-state index contributed by atoms with van der Waals surface area (Å²) in [5.41, 5.74) is 4.91. The molecule has 0 fully saturated rings. The lowest BCUT2D eigenvalue weighted by molar-refractivity contribution is -0.332. The molecule has 0 atom stereocenters. The minimum absolute atomic E-state index is 0.850. The lowest BCUT2D eigenvalue weighted by atomic mass is 10.3. The molecule has 3 aliphatic rings. The second kappa shape index (κ2) is 3.16. The molecule has 0 aromatic heterocycles. The summed E-state index contributed by atoms with van der Waals surface area (Å²) in [6.45, 7) is 0. The van der Waals surface area contributed by atoms with Gasteiger partial charge in [0.2, 0.25) is 0 Å². The quantitative estimate of drug-likeness (QED) is 0.576. The molecule has 0 aliphatic carbocycles. The van der Waals surface area contributed by atoms with Crippen LogP contribution in [0, 0.1) is 0 Å². The van der Waals surface area contributed by atoms with Crippen molar-refractivity contribution in [1.29, 1.82) is 0 Å². The van der Waals surface area contributed by atoms with E-state index in [0.717, 1.165) is 17.2 Å². The van der Waals surface area contributed by atoms with Crippen molar-refractivity contribution >= 4 is 18.3 Å². The van der Waals surface area contributed by atoms with Gasteiger partial charge < -0.3 is 0 Å². The summed E-state index contributed by atoms with van der Waals surface area (Å²) in [5, 5.41) is 4.22. The van der Waals surface area contributed by atoms with Gasteiger partial charge in [-0.15, -0.1) is 0 Å². The monoisotopic (exact) mass is 197 g/mol. The Morgan fingerprint density at radius 1 is 1.20 bits per heavy atom. The second-order valence-corrected chi connectivity index (χ2v) is 3.22.